The Hall–Kier alpha value is -3.48. The quantitative estimate of drug-likeness (QED) is 0.361. The number of ether oxygens (including phenoxy) is 1. The van der Waals surface area contributed by atoms with E-state index in [1.807, 2.05) is 67.4 Å². The van der Waals surface area contributed by atoms with Crippen LogP contribution in [0.5, 0.6) is 5.75 Å². The number of amides is 3. The lowest BCUT2D eigenvalue weighted by molar-refractivity contribution is -0.132. The monoisotopic (exact) mass is 478 g/mol. The number of urea groups is 1. The van der Waals surface area contributed by atoms with E-state index in [-0.39, 0.29) is 24.5 Å². The summed E-state index contributed by atoms with van der Waals surface area (Å²) in [6.45, 7) is 7.53. The molecule has 0 saturated carbocycles. The van der Waals surface area contributed by atoms with Crippen molar-refractivity contribution in [1.29, 1.82) is 0 Å². The number of hydrogen-bond acceptors (Lipinski definition) is 3. The van der Waals surface area contributed by atoms with Crippen molar-refractivity contribution in [2.24, 2.45) is 0 Å². The summed E-state index contributed by atoms with van der Waals surface area (Å²) in [5, 5.41) is 4.11. The molecule has 3 amide bonds. The van der Waals surface area contributed by atoms with Crippen molar-refractivity contribution in [3.8, 4) is 5.75 Å². The summed E-state index contributed by atoms with van der Waals surface area (Å²) in [6, 6.07) is 15.6. The molecule has 0 aliphatic heterocycles. The maximum absolute atomic E-state index is 13.6. The van der Waals surface area contributed by atoms with Crippen LogP contribution in [0.3, 0.4) is 0 Å². The maximum atomic E-state index is 13.6. The van der Waals surface area contributed by atoms with E-state index in [0.29, 0.717) is 26.1 Å². The van der Waals surface area contributed by atoms with Gasteiger partial charge in [-0.05, 0) is 44.4 Å². The predicted molar refractivity (Wildman–Crippen MR) is 141 cm³/mol. The number of nitrogens with zero attached hydrogens (tertiary/aromatic N) is 2. The molecule has 35 heavy (non-hydrogen) atoms. The van der Waals surface area contributed by atoms with E-state index in [9.17, 15) is 9.59 Å². The van der Waals surface area contributed by atoms with Crippen LogP contribution < -0.4 is 10.1 Å². The molecule has 7 heteroatoms. The molecule has 1 aromatic heterocycles. The molecular weight excluding hydrogens is 440 g/mol. The summed E-state index contributed by atoms with van der Waals surface area (Å²) in [7, 11) is 1.64. The molecule has 0 spiro atoms. The van der Waals surface area contributed by atoms with Crippen LogP contribution in [-0.4, -0.2) is 59.5 Å². The Balaban J connectivity index is 1.79. The van der Waals surface area contributed by atoms with Crippen molar-refractivity contribution in [2.45, 2.75) is 52.6 Å². The van der Waals surface area contributed by atoms with E-state index in [4.69, 9.17) is 4.74 Å². The Kier molecular flexibility index (Phi) is 9.58. The van der Waals surface area contributed by atoms with Gasteiger partial charge in [-0.3, -0.25) is 4.79 Å². The van der Waals surface area contributed by atoms with Crippen LogP contribution in [0.4, 0.5) is 4.79 Å². The fourth-order valence-corrected chi connectivity index (χ4v) is 4.13. The zero-order valence-electron chi connectivity index (χ0n) is 21.3. The lowest BCUT2D eigenvalue weighted by atomic mass is 10.1. The molecule has 0 atom stereocenters. The van der Waals surface area contributed by atoms with Crippen molar-refractivity contribution in [2.75, 3.05) is 26.7 Å². The van der Waals surface area contributed by atoms with Gasteiger partial charge in [0.15, 0.2) is 0 Å². The van der Waals surface area contributed by atoms with Gasteiger partial charge < -0.3 is 24.8 Å². The number of benzene rings is 2. The lowest BCUT2D eigenvalue weighted by Crippen LogP contribution is -2.50. The predicted octanol–water partition coefficient (Wildman–Crippen LogP) is 4.97. The molecule has 2 aromatic carbocycles. The number of nitrogens with one attached hydrogen (secondary N) is 2. The number of H-pyrrole nitrogens is 1. The van der Waals surface area contributed by atoms with Gasteiger partial charge in [0.2, 0.25) is 5.91 Å². The van der Waals surface area contributed by atoms with Gasteiger partial charge in [0.05, 0.1) is 7.11 Å². The summed E-state index contributed by atoms with van der Waals surface area (Å²) in [5.74, 6) is 0.658. The fraction of sp³-hybridized carbons (Fsp3) is 0.429. The van der Waals surface area contributed by atoms with Gasteiger partial charge in [-0.1, -0.05) is 49.7 Å². The lowest BCUT2D eigenvalue weighted by Gasteiger charge is -2.30. The van der Waals surface area contributed by atoms with Gasteiger partial charge in [-0.25, -0.2) is 4.79 Å². The molecule has 0 aliphatic carbocycles. The molecule has 1 heterocycles. The van der Waals surface area contributed by atoms with Gasteiger partial charge in [-0.2, -0.15) is 0 Å². The second-order valence-corrected chi connectivity index (χ2v) is 9.04. The average Bonchev–Trinajstić information content (AvgIpc) is 3.28. The number of aromatic amines is 1. The number of aromatic nitrogens is 1. The van der Waals surface area contributed by atoms with Crippen LogP contribution in [0.2, 0.25) is 0 Å². The highest BCUT2D eigenvalue weighted by Crippen LogP contribution is 2.22. The number of hydrogen-bond donors (Lipinski definition) is 2. The standard InChI is InChI=1S/C28H38N4O3/c1-5-6-16-29-28(34)32(21(2)3)20-27(33)31(19-23-11-7-10-14-26(23)35-4)17-15-22-18-30-25-13-9-8-12-24(22)25/h7-14,18,21,30H,5-6,15-17,19-20H2,1-4H3,(H,29,34). The molecular formula is C28H38N4O3. The van der Waals surface area contributed by atoms with Gasteiger partial charge in [0.1, 0.15) is 12.3 Å². The Morgan fingerprint density at radius 2 is 1.80 bits per heavy atom. The third-order valence-corrected chi connectivity index (χ3v) is 6.23. The molecule has 7 nitrogen and oxygen atoms in total. The smallest absolute Gasteiger partial charge is 0.318 e. The van der Waals surface area contributed by atoms with E-state index >= 15 is 0 Å². The molecule has 0 radical (unpaired) electrons. The van der Waals surface area contributed by atoms with Gasteiger partial charge in [0, 0.05) is 48.3 Å². The minimum Gasteiger partial charge on any atom is -0.496 e. The van der Waals surface area contributed by atoms with Gasteiger partial charge in [0.25, 0.3) is 0 Å². The largest absolute Gasteiger partial charge is 0.496 e. The van der Waals surface area contributed by atoms with Crippen molar-refractivity contribution >= 4 is 22.8 Å². The number of rotatable bonds is 12. The molecule has 3 rings (SSSR count). The molecule has 0 saturated heterocycles. The minimum absolute atomic E-state index is 0.0264. The Bertz CT molecular complexity index is 1110. The summed E-state index contributed by atoms with van der Waals surface area (Å²) < 4.78 is 5.53. The maximum Gasteiger partial charge on any atom is 0.318 e. The zero-order valence-corrected chi connectivity index (χ0v) is 21.3. The van der Waals surface area contributed by atoms with Crippen LogP contribution in [-0.2, 0) is 17.8 Å². The van der Waals surface area contributed by atoms with E-state index in [0.717, 1.165) is 40.6 Å². The van der Waals surface area contributed by atoms with E-state index < -0.39 is 0 Å². The van der Waals surface area contributed by atoms with Gasteiger partial charge >= 0.3 is 6.03 Å². The molecule has 0 fully saturated rings. The number of methoxy groups -OCH3 is 1. The Labute approximate surface area is 208 Å². The van der Waals surface area contributed by atoms with E-state index in [2.05, 4.69) is 23.3 Å². The normalized spacial score (nSPS) is 11.0. The number of carbonyl (C=O) groups is 2. The highest BCUT2D eigenvalue weighted by Gasteiger charge is 2.24. The van der Waals surface area contributed by atoms with E-state index in [1.165, 1.54) is 0 Å². The number of para-hydroxylation sites is 2. The molecule has 0 unspecified atom stereocenters. The third kappa shape index (κ3) is 7.01. The van der Waals surface area contributed by atoms with Crippen LogP contribution in [0, 0.1) is 0 Å². The SMILES string of the molecule is CCCCNC(=O)N(CC(=O)N(CCc1c[nH]c2ccccc12)Cc1ccccc1OC)C(C)C. The first-order valence-corrected chi connectivity index (χ1v) is 12.4. The first kappa shape index (κ1) is 26.1. The summed E-state index contributed by atoms with van der Waals surface area (Å²) in [4.78, 5) is 33.1. The van der Waals surface area contributed by atoms with Gasteiger partial charge in [-0.15, -0.1) is 0 Å². The van der Waals surface area contributed by atoms with Crippen molar-refractivity contribution in [1.82, 2.24) is 20.1 Å². The van der Waals surface area contributed by atoms with Crippen LogP contribution in [0.15, 0.2) is 54.7 Å². The number of unbranched alkanes of at least 4 members (excludes halogenated alkanes) is 1. The highest BCUT2D eigenvalue weighted by molar-refractivity contribution is 5.85. The molecule has 0 aliphatic rings. The summed E-state index contributed by atoms with van der Waals surface area (Å²) in [5.41, 5.74) is 3.18. The highest BCUT2D eigenvalue weighted by atomic mass is 16.5. The van der Waals surface area contributed by atoms with Crippen LogP contribution in [0.25, 0.3) is 10.9 Å². The minimum atomic E-state index is -0.198. The summed E-state index contributed by atoms with van der Waals surface area (Å²) in [6.07, 6.45) is 4.63. The fourth-order valence-electron chi connectivity index (χ4n) is 4.13. The first-order chi connectivity index (χ1) is 16.9. The first-order valence-electron chi connectivity index (χ1n) is 12.4. The average molecular weight is 479 g/mol. The van der Waals surface area contributed by atoms with Crippen molar-refractivity contribution in [3.05, 3.63) is 65.9 Å². The zero-order chi connectivity index (χ0) is 25.2. The van der Waals surface area contributed by atoms with Crippen LogP contribution in [0.1, 0.15) is 44.7 Å². The summed E-state index contributed by atoms with van der Waals surface area (Å²) >= 11 is 0. The molecule has 0 bridgehead atoms. The second-order valence-electron chi connectivity index (χ2n) is 9.04. The Morgan fingerprint density at radius 3 is 2.54 bits per heavy atom. The Morgan fingerprint density at radius 1 is 1.06 bits per heavy atom. The molecule has 2 N–H and O–H groups in total. The number of fused-ring (bicyclic) bond motifs is 1. The van der Waals surface area contributed by atoms with Crippen molar-refractivity contribution < 1.29 is 14.3 Å². The van der Waals surface area contributed by atoms with Crippen molar-refractivity contribution in [3.63, 3.8) is 0 Å². The number of carbonyl (C=O) groups excluding carboxylic acids is 2. The topological polar surface area (TPSA) is 77.7 Å². The van der Waals surface area contributed by atoms with Crippen LogP contribution >= 0.6 is 0 Å². The molecule has 3 aromatic rings. The second kappa shape index (κ2) is 12.8. The molecule has 188 valence electrons. The van der Waals surface area contributed by atoms with E-state index in [1.54, 1.807) is 12.0 Å². The third-order valence-electron chi connectivity index (χ3n) is 6.23.